The summed E-state index contributed by atoms with van der Waals surface area (Å²) in [5, 5.41) is 0. The predicted molar refractivity (Wildman–Crippen MR) is 18.9 cm³/mol. The number of nitrogens with zero attached hydrogens (tertiary/aromatic N) is 1. The molecule has 0 aliphatic rings. The molecule has 23 valence electrons. The Morgan fingerprint density at radius 2 is 2.40 bits per heavy atom. The van der Waals surface area contributed by atoms with Crippen molar-refractivity contribution < 1.29 is 4.79 Å². The molecule has 0 aliphatic heterocycles. The summed E-state index contributed by atoms with van der Waals surface area (Å²) in [6, 6.07) is 0. The first-order valence-electron chi connectivity index (χ1n) is 0.901. The Labute approximate surface area is 32.7 Å². The van der Waals surface area contributed by atoms with Crippen LogP contribution in [0.2, 0.25) is 0 Å². The van der Waals surface area contributed by atoms with Gasteiger partial charge in [-0.1, -0.05) is 0 Å². The molecule has 0 aromatic rings. The number of carbonyl (C=O) groups excluding carboxylic acids is 1. The maximum atomic E-state index is 9.04. The van der Waals surface area contributed by atoms with Gasteiger partial charge in [0.2, 0.25) is 10.4 Å². The molecule has 0 N–H and O–H groups in total. The van der Waals surface area contributed by atoms with Crippen LogP contribution in [0.5, 0.6) is 0 Å². The maximum Gasteiger partial charge on any atom is 0.237 e. The molecule has 0 atom stereocenters. The van der Waals surface area contributed by atoms with Gasteiger partial charge >= 0.3 is 0 Å². The molecule has 2 nitrogen and oxygen atoms in total. The Balaban J connectivity index is 3.75. The molecule has 0 heterocycles. The van der Waals surface area contributed by atoms with Crippen LogP contribution in [0, 0.1) is 0 Å². The van der Waals surface area contributed by atoms with Gasteiger partial charge in [-0.2, -0.15) is 0 Å². The Kier molecular flexibility index (Phi) is 2.96. The topological polar surface area (TPSA) is 29.4 Å². The number of hydrogen-bond acceptors (Lipinski definition) is 2. The zero-order valence-electron chi connectivity index (χ0n) is 2.36. The normalized spacial score (nSPS) is 4.20. The zero-order valence-corrected chi connectivity index (χ0v) is 3.36. The average Bonchev–Trinajstić information content (AvgIpc) is 1.41. The van der Waals surface area contributed by atoms with E-state index in [2.05, 4.69) is 15.1 Å². The molecule has 3 heteroatoms. The lowest BCUT2D eigenvalue weighted by atomic mass is 11.2. The van der Waals surface area contributed by atoms with Crippen molar-refractivity contribution >= 4 is 22.2 Å². The van der Waals surface area contributed by atoms with E-state index >= 15 is 0 Å². The molecule has 5 heavy (non-hydrogen) atoms. The first kappa shape index (κ1) is 4.38. The van der Waals surface area contributed by atoms with Gasteiger partial charge in [0.15, 0.2) is 5.94 Å². The van der Waals surface area contributed by atoms with E-state index in [9.17, 15) is 0 Å². The molecule has 0 aromatic heterocycles. The van der Waals surface area contributed by atoms with Crippen molar-refractivity contribution in [2.75, 3.05) is 0 Å². The lowest BCUT2D eigenvalue weighted by Gasteiger charge is -1.38. The van der Waals surface area contributed by atoms with Crippen LogP contribution < -0.4 is 0 Å². The van der Waals surface area contributed by atoms with Crippen molar-refractivity contribution in [3.05, 3.63) is 0 Å². The van der Waals surface area contributed by atoms with Crippen molar-refractivity contribution in [3.8, 4) is 0 Å². The second-order valence-electron chi connectivity index (χ2n) is 0.326. The van der Waals surface area contributed by atoms with Crippen molar-refractivity contribution in [1.29, 1.82) is 0 Å². The second-order valence-corrected chi connectivity index (χ2v) is 0.549. The van der Waals surface area contributed by atoms with Crippen molar-refractivity contribution in [2.24, 2.45) is 4.66 Å². The van der Waals surface area contributed by atoms with E-state index in [1.54, 1.807) is 0 Å². The molecular weight excluding hydrogens is 82.1 g/mol. The number of rotatable bonds is 0. The van der Waals surface area contributed by atoms with Gasteiger partial charge in [-0.05, 0) is 0 Å². The highest BCUT2D eigenvalue weighted by atomic mass is 28.2. The lowest BCUT2D eigenvalue weighted by Crippen LogP contribution is -1.50. The minimum atomic E-state index is 1.30. The first-order valence-corrected chi connectivity index (χ1v) is 1.35. The van der Waals surface area contributed by atoms with Gasteiger partial charge in [0.25, 0.3) is 0 Å². The Hall–Kier alpha value is -0.623. The van der Waals surface area contributed by atoms with Crippen LogP contribution in [-0.2, 0) is 4.79 Å². The molecule has 3 radical (unpaired) electrons. The molecule has 0 aromatic carbocycles. The van der Waals surface area contributed by atoms with E-state index in [-0.39, 0.29) is 0 Å². The fourth-order valence-corrected chi connectivity index (χ4v) is 0.0685. The summed E-state index contributed by atoms with van der Waals surface area (Å²) in [5.74, 6) is 3.15. The number of hydrogen-bond donors (Lipinski definition) is 0. The van der Waals surface area contributed by atoms with E-state index in [1.807, 2.05) is 5.87 Å². The van der Waals surface area contributed by atoms with Crippen LogP contribution >= 0.6 is 0 Å². The molecule has 0 unspecified atom stereocenters. The van der Waals surface area contributed by atoms with Crippen LogP contribution in [0.15, 0.2) is 4.66 Å². The van der Waals surface area contributed by atoms with Crippen LogP contribution in [0.3, 0.4) is 0 Å². The van der Waals surface area contributed by atoms with Crippen LogP contribution in [-0.4, -0.2) is 22.2 Å². The first-order chi connectivity index (χ1) is 2.41. The van der Waals surface area contributed by atoms with Gasteiger partial charge in [0.05, 0.1) is 5.87 Å². The van der Waals surface area contributed by atoms with E-state index in [1.165, 1.54) is 5.94 Å². The minimum Gasteiger partial charge on any atom is -0.277 e. The fourth-order valence-electron chi connectivity index (χ4n) is 0.0228. The molecule has 0 spiro atoms. The third-order valence-electron chi connectivity index (χ3n) is 0.102. The summed E-state index contributed by atoms with van der Waals surface area (Å²) in [6.45, 7) is 0. The highest BCUT2D eigenvalue weighted by Crippen LogP contribution is 1.25. The third-order valence-corrected chi connectivity index (χ3v) is 0.213. The summed E-state index contributed by atoms with van der Waals surface area (Å²) in [6.07, 6.45) is 0. The summed E-state index contributed by atoms with van der Waals surface area (Å²) in [4.78, 5) is 9.04. The third kappa shape index (κ3) is 3.38. The van der Waals surface area contributed by atoms with Crippen molar-refractivity contribution in [1.82, 2.24) is 0 Å². The molecule has 0 bridgehead atoms. The monoisotopic (exact) mass is 82.0 g/mol. The summed E-state index contributed by atoms with van der Waals surface area (Å²) < 4.78 is 2.99. The summed E-state index contributed by atoms with van der Waals surface area (Å²) >= 11 is 0. The zero-order chi connectivity index (χ0) is 4.12. The Morgan fingerprint density at radius 3 is 2.40 bits per heavy atom. The van der Waals surface area contributed by atoms with E-state index in [0.717, 1.165) is 0 Å². The van der Waals surface area contributed by atoms with E-state index in [0.29, 0.717) is 0 Å². The maximum absolute atomic E-state index is 9.04. The smallest absolute Gasteiger partial charge is 0.237 e. The summed E-state index contributed by atoms with van der Waals surface area (Å²) in [7, 11) is 2.60. The highest BCUT2D eigenvalue weighted by Gasteiger charge is 1.35. The van der Waals surface area contributed by atoms with Crippen LogP contribution in [0.4, 0.5) is 0 Å². The second kappa shape index (κ2) is 3.38. The quantitative estimate of drug-likeness (QED) is 0.212. The minimum absolute atomic E-state index is 1.30. The average molecular weight is 82.1 g/mol. The molecule has 0 saturated heterocycles. The molecule has 0 amide bonds. The van der Waals surface area contributed by atoms with Gasteiger partial charge in [-0.25, -0.2) is 4.79 Å². The van der Waals surface area contributed by atoms with Gasteiger partial charge in [0, 0.05) is 0 Å². The predicted octanol–water partition coefficient (Wildman–Crippen LogP) is -0.873. The molecule has 0 rings (SSSR count). The standard InChI is InChI=1S/C2NOSi/c4-2-1-3-5. The summed E-state index contributed by atoms with van der Waals surface area (Å²) in [5.41, 5.74) is 0. The van der Waals surface area contributed by atoms with Gasteiger partial charge in [0.1, 0.15) is 0 Å². The van der Waals surface area contributed by atoms with Gasteiger partial charge in [-0.15, -0.1) is 0 Å². The van der Waals surface area contributed by atoms with Gasteiger partial charge < -0.3 is 0 Å². The molecule has 0 saturated carbocycles. The van der Waals surface area contributed by atoms with Crippen LogP contribution in [0.1, 0.15) is 0 Å². The van der Waals surface area contributed by atoms with Gasteiger partial charge in [-0.3, -0.25) is 4.66 Å². The molecule has 0 aliphatic carbocycles. The Morgan fingerprint density at radius 1 is 1.80 bits per heavy atom. The molecule has 0 fully saturated rings. The van der Waals surface area contributed by atoms with Crippen molar-refractivity contribution in [3.63, 3.8) is 0 Å². The largest absolute Gasteiger partial charge is 0.277 e. The highest BCUT2D eigenvalue weighted by molar-refractivity contribution is 6.11. The van der Waals surface area contributed by atoms with Crippen LogP contribution in [0.25, 0.3) is 0 Å². The Bertz CT molecular complexity index is 87.8. The fraction of sp³-hybridized carbons (Fsp3) is 0. The molecular formula is C2NOSi. The lowest BCUT2D eigenvalue weighted by molar-refractivity contribution is 0.571. The van der Waals surface area contributed by atoms with E-state index in [4.69, 9.17) is 4.79 Å². The van der Waals surface area contributed by atoms with Crippen molar-refractivity contribution in [2.45, 2.75) is 0 Å². The van der Waals surface area contributed by atoms with E-state index < -0.39 is 0 Å². The SMILES string of the molecule is O=C=C=N[Si].